The monoisotopic (exact) mass is 363 g/mol. The maximum Gasteiger partial charge on any atom is 0.351 e. The number of aromatic nitrogens is 2. The van der Waals surface area contributed by atoms with Crippen LogP contribution < -0.4 is 11.4 Å². The van der Waals surface area contributed by atoms with E-state index in [9.17, 15) is 24.2 Å². The third-order valence-corrected chi connectivity index (χ3v) is 4.34. The van der Waals surface area contributed by atoms with E-state index in [2.05, 4.69) is 4.98 Å². The van der Waals surface area contributed by atoms with Crippen LogP contribution in [0.25, 0.3) is 0 Å². The maximum absolute atomic E-state index is 14.5. The fraction of sp³-hybridized carbons (Fsp3) is 0.353. The van der Waals surface area contributed by atoms with Gasteiger partial charge in [0.2, 0.25) is 0 Å². The molecular weight excluding hydrogens is 345 g/mol. The number of hydrogen-bond donors (Lipinski definition) is 3. The topological polar surface area (TPSA) is 128 Å². The van der Waals surface area contributed by atoms with Gasteiger partial charge in [0.05, 0.1) is 0 Å². The number of rotatable bonds is 4. The summed E-state index contributed by atoms with van der Waals surface area (Å²) in [5.41, 5.74) is 5.38. The van der Waals surface area contributed by atoms with E-state index in [1.165, 1.54) is 18.3 Å². The second kappa shape index (κ2) is 6.94. The van der Waals surface area contributed by atoms with Gasteiger partial charge in [0.15, 0.2) is 18.2 Å². The number of carbonyl (C=O) groups is 1. The van der Waals surface area contributed by atoms with Gasteiger partial charge >= 0.3 is 5.69 Å². The molecule has 4 N–H and O–H groups in total. The molecule has 1 aromatic heterocycles. The summed E-state index contributed by atoms with van der Waals surface area (Å²) < 4.78 is 20.7. The molecule has 0 aliphatic carbocycles. The van der Waals surface area contributed by atoms with Crippen LogP contribution in [0.2, 0.25) is 0 Å². The predicted molar refractivity (Wildman–Crippen MR) is 89.2 cm³/mol. The van der Waals surface area contributed by atoms with Gasteiger partial charge in [-0.1, -0.05) is 24.3 Å². The Balaban J connectivity index is 1.86. The zero-order valence-corrected chi connectivity index (χ0v) is 13.8. The molecule has 0 spiro atoms. The van der Waals surface area contributed by atoms with Crippen molar-refractivity contribution in [3.8, 4) is 0 Å². The molecule has 0 radical (unpaired) electrons. The first-order valence-corrected chi connectivity index (χ1v) is 7.91. The molecule has 1 aromatic carbocycles. The number of ketones is 1. The first kappa shape index (κ1) is 18.2. The standard InChI is InChI=1S/C17H18FN3O5/c1-8-4-2-3-5-9(8)12(22)14(24)15-11(18)13(23)16(26-15)21-7-6-10(19)20-17(21)25/h2-7,11,13-16,23-24H,1H3,(H2,19,20,25)/t11-,13+,14?,15-,16+/m0/s1. The van der Waals surface area contributed by atoms with Crippen LogP contribution in [0.15, 0.2) is 41.3 Å². The molecule has 1 aliphatic rings. The molecule has 8 nitrogen and oxygen atoms in total. The Morgan fingerprint density at radius 3 is 2.73 bits per heavy atom. The van der Waals surface area contributed by atoms with Gasteiger partial charge < -0.3 is 20.7 Å². The minimum absolute atomic E-state index is 0.0400. The number of ether oxygens (including phenoxy) is 1. The fourth-order valence-corrected chi connectivity index (χ4v) is 2.92. The Labute approximate surface area is 147 Å². The third-order valence-electron chi connectivity index (χ3n) is 4.34. The van der Waals surface area contributed by atoms with Gasteiger partial charge in [-0.15, -0.1) is 0 Å². The minimum Gasteiger partial charge on any atom is -0.385 e. The van der Waals surface area contributed by atoms with Crippen LogP contribution in [-0.2, 0) is 4.74 Å². The number of hydrogen-bond acceptors (Lipinski definition) is 7. The average molecular weight is 363 g/mol. The largest absolute Gasteiger partial charge is 0.385 e. The van der Waals surface area contributed by atoms with E-state index in [1.54, 1.807) is 25.1 Å². The zero-order chi connectivity index (χ0) is 19.0. The summed E-state index contributed by atoms with van der Waals surface area (Å²) in [5, 5.41) is 20.4. The van der Waals surface area contributed by atoms with Gasteiger partial charge in [0.1, 0.15) is 24.1 Å². The molecule has 0 bridgehead atoms. The summed E-state index contributed by atoms with van der Waals surface area (Å²) in [7, 11) is 0. The van der Waals surface area contributed by atoms with Gasteiger partial charge in [0.25, 0.3) is 0 Å². The highest BCUT2D eigenvalue weighted by molar-refractivity contribution is 6.01. The van der Waals surface area contributed by atoms with Gasteiger partial charge in [-0.3, -0.25) is 9.36 Å². The molecule has 2 aromatic rings. The summed E-state index contributed by atoms with van der Waals surface area (Å²) in [6.45, 7) is 1.68. The quantitative estimate of drug-likeness (QED) is 0.651. The van der Waals surface area contributed by atoms with E-state index in [4.69, 9.17) is 10.5 Å². The number of nitrogen functional groups attached to an aromatic ring is 1. The molecule has 0 amide bonds. The lowest BCUT2D eigenvalue weighted by Crippen LogP contribution is -2.41. The molecular formula is C17H18FN3O5. The van der Waals surface area contributed by atoms with E-state index in [0.717, 1.165) is 4.57 Å². The van der Waals surface area contributed by atoms with Crippen LogP contribution in [0.5, 0.6) is 0 Å². The van der Waals surface area contributed by atoms with Crippen molar-refractivity contribution >= 4 is 11.6 Å². The van der Waals surface area contributed by atoms with Crippen LogP contribution in [0, 0.1) is 6.92 Å². The Kier molecular flexibility index (Phi) is 4.86. The minimum atomic E-state index is -2.08. The smallest absolute Gasteiger partial charge is 0.351 e. The summed E-state index contributed by atoms with van der Waals surface area (Å²) in [4.78, 5) is 27.9. The molecule has 0 saturated carbocycles. The van der Waals surface area contributed by atoms with Gasteiger partial charge in [0, 0.05) is 11.8 Å². The number of alkyl halides is 1. The molecule has 26 heavy (non-hydrogen) atoms. The summed E-state index contributed by atoms with van der Waals surface area (Å²) in [6, 6.07) is 7.81. The van der Waals surface area contributed by atoms with Crippen molar-refractivity contribution in [2.75, 3.05) is 5.73 Å². The summed E-state index contributed by atoms with van der Waals surface area (Å²) in [5.74, 6) is -0.770. The molecule has 9 heteroatoms. The lowest BCUT2D eigenvalue weighted by molar-refractivity contribution is -0.0716. The molecule has 1 fully saturated rings. The number of aryl methyl sites for hydroxylation is 1. The molecule has 2 heterocycles. The van der Waals surface area contributed by atoms with E-state index in [1.807, 2.05) is 0 Å². The maximum atomic E-state index is 14.5. The molecule has 3 rings (SSSR count). The number of Topliss-reactive ketones (excluding diaryl/α,β-unsaturated/α-hetero) is 1. The van der Waals surface area contributed by atoms with E-state index in [0.29, 0.717) is 5.56 Å². The van der Waals surface area contributed by atoms with E-state index < -0.39 is 42.2 Å². The van der Waals surface area contributed by atoms with Crippen LogP contribution in [-0.4, -0.2) is 50.0 Å². The second-order valence-corrected chi connectivity index (χ2v) is 6.09. The molecule has 1 aliphatic heterocycles. The lowest BCUT2D eigenvalue weighted by atomic mass is 9.96. The van der Waals surface area contributed by atoms with Crippen LogP contribution >= 0.6 is 0 Å². The highest BCUT2D eigenvalue weighted by Gasteiger charge is 2.50. The Morgan fingerprint density at radius 1 is 1.38 bits per heavy atom. The normalized spacial score (nSPS) is 26.6. The highest BCUT2D eigenvalue weighted by atomic mass is 19.1. The Bertz CT molecular complexity index is 887. The number of nitrogens with two attached hydrogens (primary N) is 1. The van der Waals surface area contributed by atoms with Gasteiger partial charge in [-0.25, -0.2) is 9.18 Å². The van der Waals surface area contributed by atoms with Crippen molar-refractivity contribution in [3.05, 3.63) is 58.1 Å². The van der Waals surface area contributed by atoms with Crippen molar-refractivity contribution in [3.63, 3.8) is 0 Å². The van der Waals surface area contributed by atoms with Gasteiger partial charge in [-0.05, 0) is 18.6 Å². The van der Waals surface area contributed by atoms with Crippen molar-refractivity contribution in [2.45, 2.75) is 37.6 Å². The fourth-order valence-electron chi connectivity index (χ4n) is 2.92. The first-order valence-electron chi connectivity index (χ1n) is 7.91. The predicted octanol–water partition coefficient (Wildman–Crippen LogP) is -0.0259. The second-order valence-electron chi connectivity index (χ2n) is 6.09. The number of anilines is 1. The first-order chi connectivity index (χ1) is 12.3. The summed E-state index contributed by atoms with van der Waals surface area (Å²) in [6.07, 6.45) is -7.55. The van der Waals surface area contributed by atoms with Crippen molar-refractivity contribution < 1.29 is 24.1 Å². The van der Waals surface area contributed by atoms with Crippen LogP contribution in [0.4, 0.5) is 10.2 Å². The Morgan fingerprint density at radius 2 is 2.08 bits per heavy atom. The number of benzene rings is 1. The molecule has 138 valence electrons. The number of nitrogens with zero attached hydrogens (tertiary/aromatic N) is 2. The van der Waals surface area contributed by atoms with Gasteiger partial charge in [-0.2, -0.15) is 4.98 Å². The zero-order valence-electron chi connectivity index (χ0n) is 13.8. The molecule has 1 saturated heterocycles. The van der Waals surface area contributed by atoms with E-state index >= 15 is 0 Å². The van der Waals surface area contributed by atoms with E-state index in [-0.39, 0.29) is 11.4 Å². The van der Waals surface area contributed by atoms with Crippen LogP contribution in [0.1, 0.15) is 22.1 Å². The van der Waals surface area contributed by atoms with Crippen molar-refractivity contribution in [1.82, 2.24) is 9.55 Å². The number of carbonyl (C=O) groups excluding carboxylic acids is 1. The number of halogens is 1. The van der Waals surface area contributed by atoms with Crippen molar-refractivity contribution in [1.29, 1.82) is 0 Å². The average Bonchev–Trinajstić information content (AvgIpc) is 2.90. The van der Waals surface area contributed by atoms with Crippen molar-refractivity contribution in [2.24, 2.45) is 0 Å². The summed E-state index contributed by atoms with van der Waals surface area (Å²) >= 11 is 0. The SMILES string of the molecule is Cc1ccccc1C(=O)C(O)[C@H]1O[C@@H](n2ccc(N)nc2=O)[C@H](O)[C@@H]1F. The van der Waals surface area contributed by atoms with Crippen LogP contribution in [0.3, 0.4) is 0 Å². The lowest BCUT2D eigenvalue weighted by Gasteiger charge is -2.20. The highest BCUT2D eigenvalue weighted by Crippen LogP contribution is 2.33. The third kappa shape index (κ3) is 3.12. The number of aliphatic hydroxyl groups excluding tert-OH is 2. The number of aliphatic hydroxyl groups is 2. The molecule has 1 unspecified atom stereocenters. The molecule has 5 atom stereocenters. The Hall–Kier alpha value is -2.62.